The Morgan fingerprint density at radius 2 is 1.50 bits per heavy atom. The largest absolute Gasteiger partial charge is 0.497 e. The molecule has 0 aliphatic rings. The van der Waals surface area contributed by atoms with Crippen LogP contribution in [-0.2, 0) is 0 Å². The first kappa shape index (κ1) is 12.5. The normalized spacial score (nSPS) is 9.89. The zero-order valence-corrected chi connectivity index (χ0v) is 10.5. The fourth-order valence-electron chi connectivity index (χ4n) is 1.40. The topological polar surface area (TPSA) is 35.5 Å². The molecule has 92 valence electrons. The lowest BCUT2D eigenvalue weighted by Crippen LogP contribution is -2.08. The van der Waals surface area contributed by atoms with Crippen molar-refractivity contribution >= 4 is 17.6 Å². The third kappa shape index (κ3) is 3.02. The molecule has 0 unspecified atom stereocenters. The Labute approximate surface area is 110 Å². The van der Waals surface area contributed by atoms with E-state index in [4.69, 9.17) is 21.1 Å². The lowest BCUT2D eigenvalue weighted by atomic mass is 10.2. The van der Waals surface area contributed by atoms with Crippen molar-refractivity contribution in [3.63, 3.8) is 0 Å². The van der Waals surface area contributed by atoms with Crippen LogP contribution in [0.5, 0.6) is 11.5 Å². The first-order valence-electron chi connectivity index (χ1n) is 5.31. The first-order chi connectivity index (χ1) is 8.69. The van der Waals surface area contributed by atoms with Gasteiger partial charge in [0.1, 0.15) is 11.5 Å². The van der Waals surface area contributed by atoms with Gasteiger partial charge in [-0.3, -0.25) is 0 Å². The summed E-state index contributed by atoms with van der Waals surface area (Å²) < 4.78 is 10.2. The van der Waals surface area contributed by atoms with Gasteiger partial charge in [-0.25, -0.2) is 4.79 Å². The van der Waals surface area contributed by atoms with Crippen LogP contribution in [0.1, 0.15) is 10.4 Å². The van der Waals surface area contributed by atoms with E-state index in [0.29, 0.717) is 22.1 Å². The number of rotatable bonds is 3. The molecule has 2 aromatic rings. The summed E-state index contributed by atoms with van der Waals surface area (Å²) in [5.74, 6) is 0.758. The standard InChI is InChI=1S/C14H11ClO3/c1-17-12-6-8-13(9-7-12)18-14(16)10-2-4-11(15)5-3-10/h2-9H,1H3. The first-order valence-corrected chi connectivity index (χ1v) is 5.68. The molecule has 0 atom stereocenters. The number of hydrogen-bond donors (Lipinski definition) is 0. The van der Waals surface area contributed by atoms with E-state index in [2.05, 4.69) is 0 Å². The molecule has 0 saturated carbocycles. The molecule has 0 fully saturated rings. The molecule has 4 heteroatoms. The lowest BCUT2D eigenvalue weighted by Gasteiger charge is -2.05. The SMILES string of the molecule is COc1ccc(OC(=O)c2ccc(Cl)cc2)cc1. The molecule has 18 heavy (non-hydrogen) atoms. The fourth-order valence-corrected chi connectivity index (χ4v) is 1.52. The Morgan fingerprint density at radius 3 is 2.06 bits per heavy atom. The maximum Gasteiger partial charge on any atom is 0.343 e. The third-order valence-corrected chi connectivity index (χ3v) is 2.60. The zero-order valence-electron chi connectivity index (χ0n) is 9.72. The highest BCUT2D eigenvalue weighted by Crippen LogP contribution is 2.18. The summed E-state index contributed by atoms with van der Waals surface area (Å²) in [6.07, 6.45) is 0. The van der Waals surface area contributed by atoms with Crippen LogP contribution in [0.3, 0.4) is 0 Å². The Kier molecular flexibility index (Phi) is 3.85. The zero-order chi connectivity index (χ0) is 13.0. The van der Waals surface area contributed by atoms with Gasteiger partial charge in [-0.2, -0.15) is 0 Å². The Hall–Kier alpha value is -2.00. The highest BCUT2D eigenvalue weighted by molar-refractivity contribution is 6.30. The Bertz CT molecular complexity index is 532. The van der Waals surface area contributed by atoms with Crippen LogP contribution in [0.15, 0.2) is 48.5 Å². The van der Waals surface area contributed by atoms with E-state index in [9.17, 15) is 4.79 Å². The molecular weight excluding hydrogens is 252 g/mol. The van der Waals surface area contributed by atoms with Gasteiger partial charge in [-0.05, 0) is 48.5 Å². The van der Waals surface area contributed by atoms with Gasteiger partial charge in [0, 0.05) is 5.02 Å². The summed E-state index contributed by atoms with van der Waals surface area (Å²) in [5.41, 5.74) is 0.454. The van der Waals surface area contributed by atoms with Gasteiger partial charge in [0.2, 0.25) is 0 Å². The molecule has 0 aromatic heterocycles. The van der Waals surface area contributed by atoms with Gasteiger partial charge in [0.15, 0.2) is 0 Å². The molecule has 0 saturated heterocycles. The minimum Gasteiger partial charge on any atom is -0.497 e. The van der Waals surface area contributed by atoms with E-state index in [1.807, 2.05) is 0 Å². The summed E-state index contributed by atoms with van der Waals surface area (Å²) in [7, 11) is 1.58. The van der Waals surface area contributed by atoms with Crippen molar-refractivity contribution in [3.05, 3.63) is 59.1 Å². The van der Waals surface area contributed by atoms with Crippen molar-refractivity contribution < 1.29 is 14.3 Å². The van der Waals surface area contributed by atoms with E-state index < -0.39 is 5.97 Å². The molecule has 2 aromatic carbocycles. The van der Waals surface area contributed by atoms with Crippen LogP contribution in [0.25, 0.3) is 0 Å². The van der Waals surface area contributed by atoms with Gasteiger partial charge in [-0.1, -0.05) is 11.6 Å². The van der Waals surface area contributed by atoms with Crippen LogP contribution >= 0.6 is 11.6 Å². The number of carbonyl (C=O) groups excluding carboxylic acids is 1. The monoisotopic (exact) mass is 262 g/mol. The number of methoxy groups -OCH3 is 1. The number of halogens is 1. The number of esters is 1. The van der Waals surface area contributed by atoms with Gasteiger partial charge in [0.05, 0.1) is 12.7 Å². The van der Waals surface area contributed by atoms with E-state index in [-0.39, 0.29) is 0 Å². The molecular formula is C14H11ClO3. The van der Waals surface area contributed by atoms with Gasteiger partial charge in [-0.15, -0.1) is 0 Å². The van der Waals surface area contributed by atoms with E-state index >= 15 is 0 Å². The predicted octanol–water partition coefficient (Wildman–Crippen LogP) is 3.57. The summed E-state index contributed by atoms with van der Waals surface area (Å²) in [5, 5.41) is 0.580. The number of hydrogen-bond acceptors (Lipinski definition) is 3. The summed E-state index contributed by atoms with van der Waals surface area (Å²) in [6.45, 7) is 0. The van der Waals surface area contributed by atoms with Crippen LogP contribution < -0.4 is 9.47 Å². The molecule has 0 heterocycles. The van der Waals surface area contributed by atoms with Crippen molar-refractivity contribution in [2.24, 2.45) is 0 Å². The van der Waals surface area contributed by atoms with E-state index in [1.165, 1.54) is 0 Å². The molecule has 0 N–H and O–H groups in total. The smallest absolute Gasteiger partial charge is 0.343 e. The van der Waals surface area contributed by atoms with Crippen molar-refractivity contribution in [1.82, 2.24) is 0 Å². The number of carbonyl (C=O) groups is 1. The van der Waals surface area contributed by atoms with E-state index in [1.54, 1.807) is 55.6 Å². The van der Waals surface area contributed by atoms with E-state index in [0.717, 1.165) is 0 Å². The maximum atomic E-state index is 11.8. The highest BCUT2D eigenvalue weighted by atomic mass is 35.5. The summed E-state index contributed by atoms with van der Waals surface area (Å²) in [4.78, 5) is 11.8. The van der Waals surface area contributed by atoms with Crippen molar-refractivity contribution in [1.29, 1.82) is 0 Å². The molecule has 0 spiro atoms. The Morgan fingerprint density at radius 1 is 0.944 bits per heavy atom. The second-order valence-electron chi connectivity index (χ2n) is 3.57. The summed E-state index contributed by atoms with van der Waals surface area (Å²) >= 11 is 5.74. The van der Waals surface area contributed by atoms with Crippen LogP contribution in [0, 0.1) is 0 Å². The van der Waals surface area contributed by atoms with Crippen molar-refractivity contribution in [2.75, 3.05) is 7.11 Å². The molecule has 2 rings (SSSR count). The fraction of sp³-hybridized carbons (Fsp3) is 0.0714. The Balaban J connectivity index is 2.08. The average molecular weight is 263 g/mol. The molecule has 3 nitrogen and oxygen atoms in total. The predicted molar refractivity (Wildman–Crippen MR) is 69.4 cm³/mol. The molecule has 0 bridgehead atoms. The summed E-state index contributed by atoms with van der Waals surface area (Å²) in [6, 6.07) is 13.3. The lowest BCUT2D eigenvalue weighted by molar-refractivity contribution is 0.0734. The third-order valence-electron chi connectivity index (χ3n) is 2.35. The molecule has 0 radical (unpaired) electrons. The second kappa shape index (κ2) is 5.56. The highest BCUT2D eigenvalue weighted by Gasteiger charge is 2.08. The minimum absolute atomic E-state index is 0.420. The van der Waals surface area contributed by atoms with Crippen LogP contribution in [0.2, 0.25) is 5.02 Å². The quantitative estimate of drug-likeness (QED) is 0.627. The minimum atomic E-state index is -0.420. The van der Waals surface area contributed by atoms with Crippen molar-refractivity contribution in [3.8, 4) is 11.5 Å². The van der Waals surface area contributed by atoms with Crippen LogP contribution in [0.4, 0.5) is 0 Å². The van der Waals surface area contributed by atoms with Gasteiger partial charge >= 0.3 is 5.97 Å². The maximum absolute atomic E-state index is 11.8. The van der Waals surface area contributed by atoms with Crippen LogP contribution in [-0.4, -0.2) is 13.1 Å². The molecule has 0 aliphatic heterocycles. The number of benzene rings is 2. The van der Waals surface area contributed by atoms with Gasteiger partial charge < -0.3 is 9.47 Å². The second-order valence-corrected chi connectivity index (χ2v) is 4.01. The number of ether oxygens (including phenoxy) is 2. The molecule has 0 aliphatic carbocycles. The van der Waals surface area contributed by atoms with Crippen molar-refractivity contribution in [2.45, 2.75) is 0 Å². The molecule has 0 amide bonds. The average Bonchev–Trinajstić information content (AvgIpc) is 2.40. The van der Waals surface area contributed by atoms with Gasteiger partial charge in [0.25, 0.3) is 0 Å².